The highest BCUT2D eigenvalue weighted by atomic mass is 32.2. The van der Waals surface area contributed by atoms with Crippen molar-refractivity contribution in [3.05, 3.63) is 11.3 Å². The fourth-order valence-electron chi connectivity index (χ4n) is 1.57. The van der Waals surface area contributed by atoms with Gasteiger partial charge in [-0.15, -0.1) is 0 Å². The van der Waals surface area contributed by atoms with E-state index < -0.39 is 14.6 Å². The van der Waals surface area contributed by atoms with Crippen LogP contribution in [0.25, 0.3) is 0 Å². The number of aromatic amines is 1. The van der Waals surface area contributed by atoms with Crippen molar-refractivity contribution in [2.45, 2.75) is 38.4 Å². The first-order valence-electron chi connectivity index (χ1n) is 5.24. The minimum Gasteiger partial charge on any atom is -0.382 e. The quantitative estimate of drug-likeness (QED) is 0.834. The molecule has 92 valence electrons. The van der Waals surface area contributed by atoms with Gasteiger partial charge in [0.25, 0.3) is 0 Å². The van der Waals surface area contributed by atoms with E-state index in [1.54, 1.807) is 13.8 Å². The van der Waals surface area contributed by atoms with Gasteiger partial charge in [-0.05, 0) is 20.3 Å². The summed E-state index contributed by atoms with van der Waals surface area (Å²) in [6.45, 7) is 5.34. The largest absolute Gasteiger partial charge is 0.382 e. The smallest absolute Gasteiger partial charge is 0.158 e. The molecule has 0 aliphatic heterocycles. The van der Waals surface area contributed by atoms with Gasteiger partial charge in [0.1, 0.15) is 10.6 Å². The van der Waals surface area contributed by atoms with E-state index in [2.05, 4.69) is 10.2 Å². The van der Waals surface area contributed by atoms with E-state index in [1.807, 2.05) is 6.92 Å². The van der Waals surface area contributed by atoms with Crippen molar-refractivity contribution in [2.75, 3.05) is 12.0 Å². The van der Waals surface area contributed by atoms with Gasteiger partial charge in [-0.1, -0.05) is 13.3 Å². The molecule has 0 amide bonds. The molecule has 0 atom stereocenters. The third kappa shape index (κ3) is 2.07. The SMILES string of the molecule is CCCc1c(N)n[nH]c1C(C)(C)S(C)(=O)=O. The second-order valence-corrected chi connectivity index (χ2v) is 7.06. The Morgan fingerprint density at radius 2 is 2.00 bits per heavy atom. The van der Waals surface area contributed by atoms with Crippen LogP contribution in [0.1, 0.15) is 38.4 Å². The number of H-pyrrole nitrogens is 1. The fourth-order valence-corrected chi connectivity index (χ4v) is 2.11. The first-order valence-corrected chi connectivity index (χ1v) is 7.13. The van der Waals surface area contributed by atoms with Crippen LogP contribution < -0.4 is 5.73 Å². The van der Waals surface area contributed by atoms with Crippen LogP contribution in [0.4, 0.5) is 5.82 Å². The lowest BCUT2D eigenvalue weighted by Gasteiger charge is -2.22. The molecule has 1 aromatic rings. The lowest BCUT2D eigenvalue weighted by molar-refractivity contribution is 0.554. The number of nitrogens with zero attached hydrogens (tertiary/aromatic N) is 1. The van der Waals surface area contributed by atoms with Gasteiger partial charge in [0.05, 0.1) is 5.69 Å². The van der Waals surface area contributed by atoms with Crippen LogP contribution in [-0.4, -0.2) is 24.9 Å². The van der Waals surface area contributed by atoms with Gasteiger partial charge in [-0.25, -0.2) is 8.42 Å². The summed E-state index contributed by atoms with van der Waals surface area (Å²) in [6, 6.07) is 0. The number of nitrogens with two attached hydrogens (primary N) is 1. The van der Waals surface area contributed by atoms with Gasteiger partial charge >= 0.3 is 0 Å². The molecule has 3 N–H and O–H groups in total. The number of hydrogen-bond donors (Lipinski definition) is 2. The maximum atomic E-state index is 11.7. The summed E-state index contributed by atoms with van der Waals surface area (Å²) in [5, 5.41) is 6.65. The molecule has 5 nitrogen and oxygen atoms in total. The van der Waals surface area contributed by atoms with E-state index in [-0.39, 0.29) is 0 Å². The molecule has 0 aliphatic rings. The van der Waals surface area contributed by atoms with Crippen molar-refractivity contribution >= 4 is 15.7 Å². The Balaban J connectivity index is 3.34. The maximum Gasteiger partial charge on any atom is 0.158 e. The minimum absolute atomic E-state index is 0.397. The van der Waals surface area contributed by atoms with Crippen LogP contribution in [0.2, 0.25) is 0 Å². The summed E-state index contributed by atoms with van der Waals surface area (Å²) in [4.78, 5) is 0. The zero-order valence-corrected chi connectivity index (χ0v) is 11.0. The lowest BCUT2D eigenvalue weighted by Crippen LogP contribution is -2.29. The van der Waals surface area contributed by atoms with E-state index in [4.69, 9.17) is 5.73 Å². The van der Waals surface area contributed by atoms with E-state index in [1.165, 1.54) is 6.26 Å². The van der Waals surface area contributed by atoms with Crippen molar-refractivity contribution in [3.63, 3.8) is 0 Å². The summed E-state index contributed by atoms with van der Waals surface area (Å²) in [5.41, 5.74) is 7.15. The molecule has 0 fully saturated rings. The van der Waals surface area contributed by atoms with Gasteiger partial charge in [0.2, 0.25) is 0 Å². The molecule has 1 aromatic heterocycles. The molecular formula is C10H19N3O2S. The topological polar surface area (TPSA) is 88.8 Å². The molecule has 0 unspecified atom stereocenters. The Labute approximate surface area is 96.3 Å². The Kier molecular flexibility index (Phi) is 3.33. The molecule has 0 bridgehead atoms. The van der Waals surface area contributed by atoms with Gasteiger partial charge < -0.3 is 5.73 Å². The van der Waals surface area contributed by atoms with Gasteiger partial charge in [-0.2, -0.15) is 5.10 Å². The van der Waals surface area contributed by atoms with E-state index in [0.29, 0.717) is 11.5 Å². The Bertz CT molecular complexity index is 474. The van der Waals surface area contributed by atoms with Crippen LogP contribution in [0.15, 0.2) is 0 Å². The van der Waals surface area contributed by atoms with Crippen molar-refractivity contribution in [2.24, 2.45) is 0 Å². The third-order valence-corrected chi connectivity index (χ3v) is 4.99. The highest BCUT2D eigenvalue weighted by molar-refractivity contribution is 7.91. The highest BCUT2D eigenvalue weighted by Crippen LogP contribution is 2.32. The average molecular weight is 245 g/mol. The molecule has 1 heterocycles. The molecule has 0 spiro atoms. The number of rotatable bonds is 4. The van der Waals surface area contributed by atoms with E-state index >= 15 is 0 Å². The van der Waals surface area contributed by atoms with Crippen LogP contribution in [0, 0.1) is 0 Å². The summed E-state index contributed by atoms with van der Waals surface area (Å²) in [6.07, 6.45) is 2.85. The van der Waals surface area contributed by atoms with Crippen LogP contribution in [0.5, 0.6) is 0 Å². The van der Waals surface area contributed by atoms with Crippen molar-refractivity contribution < 1.29 is 8.42 Å². The molecule has 0 saturated carbocycles. The van der Waals surface area contributed by atoms with E-state index in [9.17, 15) is 8.42 Å². The molecule has 0 saturated heterocycles. The number of nitrogen functional groups attached to an aromatic ring is 1. The minimum atomic E-state index is -3.21. The van der Waals surface area contributed by atoms with Crippen molar-refractivity contribution in [3.8, 4) is 0 Å². The van der Waals surface area contributed by atoms with Crippen LogP contribution in [-0.2, 0) is 21.0 Å². The number of anilines is 1. The van der Waals surface area contributed by atoms with Gasteiger partial charge in [-0.3, -0.25) is 5.10 Å². The zero-order chi connectivity index (χ0) is 12.6. The zero-order valence-electron chi connectivity index (χ0n) is 10.2. The predicted molar refractivity (Wildman–Crippen MR) is 64.9 cm³/mol. The van der Waals surface area contributed by atoms with Gasteiger partial charge in [0.15, 0.2) is 9.84 Å². The second kappa shape index (κ2) is 4.08. The molecule has 0 aromatic carbocycles. The maximum absolute atomic E-state index is 11.7. The molecule has 6 heteroatoms. The summed E-state index contributed by atoms with van der Waals surface area (Å²) in [5.74, 6) is 0.397. The molecule has 0 aliphatic carbocycles. The fraction of sp³-hybridized carbons (Fsp3) is 0.700. The number of nitrogens with one attached hydrogen (secondary N) is 1. The number of aromatic nitrogens is 2. The Morgan fingerprint density at radius 1 is 1.44 bits per heavy atom. The Hall–Kier alpha value is -1.04. The van der Waals surface area contributed by atoms with Crippen LogP contribution in [0.3, 0.4) is 0 Å². The summed E-state index contributed by atoms with van der Waals surface area (Å²) < 4.78 is 22.5. The number of hydrogen-bond acceptors (Lipinski definition) is 4. The average Bonchev–Trinajstić information content (AvgIpc) is 2.47. The predicted octanol–water partition coefficient (Wildman–Crippen LogP) is 1.22. The number of sulfone groups is 1. The van der Waals surface area contributed by atoms with Crippen molar-refractivity contribution in [1.29, 1.82) is 0 Å². The van der Waals surface area contributed by atoms with Crippen LogP contribution >= 0.6 is 0 Å². The second-order valence-electron chi connectivity index (χ2n) is 4.49. The highest BCUT2D eigenvalue weighted by Gasteiger charge is 2.36. The van der Waals surface area contributed by atoms with Gasteiger partial charge in [0, 0.05) is 11.8 Å². The molecular weight excluding hydrogens is 226 g/mol. The van der Waals surface area contributed by atoms with E-state index in [0.717, 1.165) is 18.4 Å². The monoisotopic (exact) mass is 245 g/mol. The first kappa shape index (κ1) is 13.0. The third-order valence-electron chi connectivity index (χ3n) is 2.93. The molecule has 16 heavy (non-hydrogen) atoms. The Morgan fingerprint density at radius 3 is 2.44 bits per heavy atom. The summed E-state index contributed by atoms with van der Waals surface area (Å²) >= 11 is 0. The normalized spacial score (nSPS) is 13.0. The van der Waals surface area contributed by atoms with Crippen molar-refractivity contribution in [1.82, 2.24) is 10.2 Å². The summed E-state index contributed by atoms with van der Waals surface area (Å²) in [7, 11) is -3.21. The lowest BCUT2D eigenvalue weighted by atomic mass is 10.0. The molecule has 1 rings (SSSR count). The molecule has 0 radical (unpaired) electrons. The first-order chi connectivity index (χ1) is 7.21. The standard InChI is InChI=1S/C10H19N3O2S/c1-5-6-7-8(12-13-9(7)11)10(2,3)16(4,14)15/h5-6H2,1-4H3,(H3,11,12,13).